The van der Waals surface area contributed by atoms with Crippen LogP contribution in [0, 0.1) is 5.92 Å². The standard InChI is InChI=1S/C11H18N2O3S/c1-17(15,16)9-4-2-3-8(7-9)10(14)11-12-5-6-13-11/h5-6,8-10,14H,2-4,7H2,1H3,(H,12,13). The van der Waals surface area contributed by atoms with Gasteiger partial charge in [-0.2, -0.15) is 0 Å². The normalized spacial score (nSPS) is 27.9. The molecule has 6 heteroatoms. The molecule has 1 fully saturated rings. The minimum Gasteiger partial charge on any atom is -0.385 e. The zero-order chi connectivity index (χ0) is 12.5. The molecule has 17 heavy (non-hydrogen) atoms. The van der Waals surface area contributed by atoms with Gasteiger partial charge in [-0.3, -0.25) is 0 Å². The Balaban J connectivity index is 2.07. The van der Waals surface area contributed by atoms with E-state index in [1.165, 1.54) is 6.26 Å². The number of imidazole rings is 1. The van der Waals surface area contributed by atoms with Gasteiger partial charge in [-0.1, -0.05) is 6.42 Å². The van der Waals surface area contributed by atoms with Crippen molar-refractivity contribution < 1.29 is 13.5 Å². The van der Waals surface area contributed by atoms with Crippen molar-refractivity contribution in [1.29, 1.82) is 0 Å². The van der Waals surface area contributed by atoms with Gasteiger partial charge in [-0.25, -0.2) is 13.4 Å². The quantitative estimate of drug-likeness (QED) is 0.848. The Bertz CT molecular complexity index is 455. The first kappa shape index (κ1) is 12.6. The number of aliphatic hydroxyl groups excluding tert-OH is 1. The molecule has 1 aromatic rings. The summed E-state index contributed by atoms with van der Waals surface area (Å²) in [5, 5.41) is 9.82. The Morgan fingerprint density at radius 2 is 2.29 bits per heavy atom. The Morgan fingerprint density at radius 3 is 2.88 bits per heavy atom. The maximum absolute atomic E-state index is 11.5. The molecule has 0 amide bonds. The van der Waals surface area contributed by atoms with E-state index in [4.69, 9.17) is 0 Å². The predicted molar refractivity (Wildman–Crippen MR) is 64.1 cm³/mol. The van der Waals surface area contributed by atoms with Gasteiger partial charge in [0, 0.05) is 18.6 Å². The van der Waals surface area contributed by atoms with Crippen molar-refractivity contribution in [3.63, 3.8) is 0 Å². The van der Waals surface area contributed by atoms with Crippen LogP contribution in [0.1, 0.15) is 37.6 Å². The number of nitrogens with one attached hydrogen (secondary N) is 1. The summed E-state index contributed by atoms with van der Waals surface area (Å²) >= 11 is 0. The van der Waals surface area contributed by atoms with Crippen LogP contribution in [-0.4, -0.2) is 35.0 Å². The highest BCUT2D eigenvalue weighted by Gasteiger charge is 2.33. The van der Waals surface area contributed by atoms with E-state index in [0.717, 1.165) is 12.8 Å². The lowest BCUT2D eigenvalue weighted by molar-refractivity contribution is 0.0787. The van der Waals surface area contributed by atoms with Crippen molar-refractivity contribution in [1.82, 2.24) is 9.97 Å². The number of sulfone groups is 1. The van der Waals surface area contributed by atoms with Crippen LogP contribution in [0.25, 0.3) is 0 Å². The van der Waals surface area contributed by atoms with Crippen molar-refractivity contribution in [2.75, 3.05) is 6.26 Å². The molecule has 1 saturated carbocycles. The van der Waals surface area contributed by atoms with E-state index < -0.39 is 15.9 Å². The first-order valence-corrected chi connectivity index (χ1v) is 7.80. The maximum Gasteiger partial charge on any atom is 0.150 e. The summed E-state index contributed by atoms with van der Waals surface area (Å²) in [4.78, 5) is 6.90. The molecule has 5 nitrogen and oxygen atoms in total. The molecule has 0 aromatic carbocycles. The van der Waals surface area contributed by atoms with E-state index >= 15 is 0 Å². The van der Waals surface area contributed by atoms with Gasteiger partial charge in [0.15, 0.2) is 0 Å². The lowest BCUT2D eigenvalue weighted by Crippen LogP contribution is -2.30. The molecule has 1 aliphatic rings. The molecule has 0 aliphatic heterocycles. The molecule has 3 atom stereocenters. The molecule has 1 heterocycles. The molecule has 0 bridgehead atoms. The van der Waals surface area contributed by atoms with Crippen LogP contribution < -0.4 is 0 Å². The number of aromatic nitrogens is 2. The lowest BCUT2D eigenvalue weighted by atomic mass is 9.84. The summed E-state index contributed by atoms with van der Waals surface area (Å²) in [5.41, 5.74) is 0. The Hall–Kier alpha value is -0.880. The van der Waals surface area contributed by atoms with E-state index in [0.29, 0.717) is 18.7 Å². The number of aliphatic hydroxyl groups is 1. The van der Waals surface area contributed by atoms with Crippen LogP contribution in [0.2, 0.25) is 0 Å². The number of hydrogen-bond acceptors (Lipinski definition) is 4. The van der Waals surface area contributed by atoms with E-state index in [1.54, 1.807) is 12.4 Å². The van der Waals surface area contributed by atoms with Crippen molar-refractivity contribution in [2.45, 2.75) is 37.0 Å². The van der Waals surface area contributed by atoms with E-state index in [1.807, 2.05) is 0 Å². The molecular formula is C11H18N2O3S. The Labute approximate surface area is 101 Å². The molecule has 1 aromatic heterocycles. The molecule has 96 valence electrons. The van der Waals surface area contributed by atoms with E-state index in [9.17, 15) is 13.5 Å². The number of nitrogens with zero attached hydrogens (tertiary/aromatic N) is 1. The highest BCUT2D eigenvalue weighted by atomic mass is 32.2. The van der Waals surface area contributed by atoms with Crippen LogP contribution in [0.4, 0.5) is 0 Å². The smallest absolute Gasteiger partial charge is 0.150 e. The minimum absolute atomic E-state index is 0.0189. The topological polar surface area (TPSA) is 83.1 Å². The summed E-state index contributed by atoms with van der Waals surface area (Å²) in [6.45, 7) is 0. The second-order valence-corrected chi connectivity index (χ2v) is 7.12. The zero-order valence-corrected chi connectivity index (χ0v) is 10.7. The van der Waals surface area contributed by atoms with Gasteiger partial charge in [0.25, 0.3) is 0 Å². The number of H-pyrrole nitrogens is 1. The van der Waals surface area contributed by atoms with Crippen LogP contribution >= 0.6 is 0 Å². The maximum atomic E-state index is 11.5. The van der Waals surface area contributed by atoms with Gasteiger partial charge in [0.2, 0.25) is 0 Å². The van der Waals surface area contributed by atoms with Crippen molar-refractivity contribution >= 4 is 9.84 Å². The fourth-order valence-electron chi connectivity index (χ4n) is 2.52. The SMILES string of the molecule is CS(=O)(=O)C1CCCC(C(O)c2ncc[nH]2)C1. The molecule has 0 saturated heterocycles. The molecule has 0 spiro atoms. The van der Waals surface area contributed by atoms with Crippen LogP contribution in [0.5, 0.6) is 0 Å². The first-order valence-electron chi connectivity index (χ1n) is 5.84. The molecule has 2 rings (SSSR count). The molecule has 1 aliphatic carbocycles. The summed E-state index contributed by atoms with van der Waals surface area (Å²) < 4.78 is 23.1. The lowest BCUT2D eigenvalue weighted by Gasteiger charge is -2.30. The van der Waals surface area contributed by atoms with Gasteiger partial charge in [0.05, 0.1) is 5.25 Å². The Kier molecular flexibility index (Phi) is 3.53. The minimum atomic E-state index is -3.00. The number of rotatable bonds is 3. The third-order valence-electron chi connectivity index (χ3n) is 3.52. The monoisotopic (exact) mass is 258 g/mol. The third kappa shape index (κ3) is 2.87. The highest BCUT2D eigenvalue weighted by Crippen LogP contribution is 2.35. The van der Waals surface area contributed by atoms with Crippen molar-refractivity contribution in [3.8, 4) is 0 Å². The molecule has 3 unspecified atom stereocenters. The summed E-state index contributed by atoms with van der Waals surface area (Å²) in [6, 6.07) is 0. The van der Waals surface area contributed by atoms with Crippen LogP contribution in [0.3, 0.4) is 0 Å². The van der Waals surface area contributed by atoms with Gasteiger partial charge in [-0.05, 0) is 25.2 Å². The number of aromatic amines is 1. The van der Waals surface area contributed by atoms with Gasteiger partial charge in [0.1, 0.15) is 21.8 Å². The average Bonchev–Trinajstić information content (AvgIpc) is 2.80. The third-order valence-corrected chi connectivity index (χ3v) is 5.16. The van der Waals surface area contributed by atoms with Crippen molar-refractivity contribution in [3.05, 3.63) is 18.2 Å². The fourth-order valence-corrected chi connectivity index (χ4v) is 3.71. The molecular weight excluding hydrogens is 240 g/mol. The molecule has 0 radical (unpaired) electrons. The summed E-state index contributed by atoms with van der Waals surface area (Å²) in [6.07, 6.45) is 6.79. The van der Waals surface area contributed by atoms with Gasteiger partial charge >= 0.3 is 0 Å². The molecule has 2 N–H and O–H groups in total. The van der Waals surface area contributed by atoms with E-state index in [2.05, 4.69) is 9.97 Å². The zero-order valence-electron chi connectivity index (χ0n) is 9.83. The van der Waals surface area contributed by atoms with Crippen LogP contribution in [0.15, 0.2) is 12.4 Å². The van der Waals surface area contributed by atoms with Gasteiger partial charge in [-0.15, -0.1) is 0 Å². The largest absolute Gasteiger partial charge is 0.385 e. The fraction of sp³-hybridized carbons (Fsp3) is 0.727. The summed E-state index contributed by atoms with van der Waals surface area (Å²) in [7, 11) is -3.00. The average molecular weight is 258 g/mol. The second kappa shape index (κ2) is 4.78. The first-order chi connectivity index (χ1) is 7.98. The Morgan fingerprint density at radius 1 is 1.53 bits per heavy atom. The van der Waals surface area contributed by atoms with Gasteiger partial charge < -0.3 is 10.1 Å². The second-order valence-electron chi connectivity index (χ2n) is 4.80. The van der Waals surface area contributed by atoms with E-state index in [-0.39, 0.29) is 11.2 Å². The predicted octanol–water partition coefficient (Wildman–Crippen LogP) is 1.05. The van der Waals surface area contributed by atoms with Crippen LogP contribution in [-0.2, 0) is 9.84 Å². The summed E-state index contributed by atoms with van der Waals surface area (Å²) in [5.74, 6) is 0.513. The van der Waals surface area contributed by atoms with Crippen molar-refractivity contribution in [2.24, 2.45) is 5.92 Å². The number of hydrogen-bond donors (Lipinski definition) is 2. The highest BCUT2D eigenvalue weighted by molar-refractivity contribution is 7.91.